The Morgan fingerprint density at radius 2 is 1.46 bits per heavy atom. The maximum atomic E-state index is 10.0. The van der Waals surface area contributed by atoms with Crippen molar-refractivity contribution < 1.29 is 23.8 Å². The van der Waals surface area contributed by atoms with Gasteiger partial charge in [0.1, 0.15) is 0 Å². The predicted octanol–water partition coefficient (Wildman–Crippen LogP) is 0.867. The summed E-state index contributed by atoms with van der Waals surface area (Å²) in [6, 6.07) is 0. The van der Waals surface area contributed by atoms with Crippen LogP contribution in [0.1, 0.15) is 19.3 Å². The van der Waals surface area contributed by atoms with E-state index in [0.717, 1.165) is 12.8 Å². The summed E-state index contributed by atoms with van der Waals surface area (Å²) in [6.45, 7) is 1.66. The maximum absolute atomic E-state index is 10.0. The average Bonchev–Trinajstić information content (AvgIpc) is 2.58. The predicted molar refractivity (Wildman–Crippen MR) is 42.1 cm³/mol. The molecular formula is C8H12O5. The molecule has 2 aliphatic heterocycles. The van der Waals surface area contributed by atoms with Crippen LogP contribution in [0.3, 0.4) is 0 Å². The third-order valence-electron chi connectivity index (χ3n) is 1.52. The zero-order valence-electron chi connectivity index (χ0n) is 7.28. The lowest BCUT2D eigenvalue weighted by atomic mass is 10.4. The SMILES string of the molecule is O=C1CCCO1.O=C1OCCCO1. The minimum Gasteiger partial charge on any atom is -0.466 e. The van der Waals surface area contributed by atoms with Crippen molar-refractivity contribution >= 4 is 12.1 Å². The monoisotopic (exact) mass is 188 g/mol. The molecule has 74 valence electrons. The molecular weight excluding hydrogens is 176 g/mol. The highest BCUT2D eigenvalue weighted by atomic mass is 16.7. The van der Waals surface area contributed by atoms with E-state index in [1.165, 1.54) is 0 Å². The molecule has 2 aliphatic rings. The van der Waals surface area contributed by atoms with Gasteiger partial charge in [-0.3, -0.25) is 4.79 Å². The summed E-state index contributed by atoms with van der Waals surface area (Å²) in [5.74, 6) is -0.0463. The Kier molecular flexibility index (Phi) is 4.08. The van der Waals surface area contributed by atoms with E-state index in [4.69, 9.17) is 0 Å². The average molecular weight is 188 g/mol. The molecule has 5 heteroatoms. The van der Waals surface area contributed by atoms with Crippen LogP contribution in [0.2, 0.25) is 0 Å². The Hall–Kier alpha value is -1.26. The summed E-state index contributed by atoms with van der Waals surface area (Å²) >= 11 is 0. The van der Waals surface area contributed by atoms with Gasteiger partial charge in [-0.05, 0) is 6.42 Å². The lowest BCUT2D eigenvalue weighted by molar-refractivity contribution is -0.137. The fraction of sp³-hybridized carbons (Fsp3) is 0.750. The molecule has 2 saturated heterocycles. The van der Waals surface area contributed by atoms with Crippen LogP contribution in [0.15, 0.2) is 0 Å². The van der Waals surface area contributed by atoms with Crippen molar-refractivity contribution in [2.24, 2.45) is 0 Å². The van der Waals surface area contributed by atoms with Gasteiger partial charge in [0.25, 0.3) is 0 Å². The quantitative estimate of drug-likeness (QED) is 0.528. The molecule has 0 bridgehead atoms. The molecule has 0 aliphatic carbocycles. The van der Waals surface area contributed by atoms with Crippen molar-refractivity contribution in [3.05, 3.63) is 0 Å². The third kappa shape index (κ3) is 4.35. The number of esters is 1. The van der Waals surface area contributed by atoms with Crippen molar-refractivity contribution in [2.45, 2.75) is 19.3 Å². The first-order valence-electron chi connectivity index (χ1n) is 4.24. The lowest BCUT2D eigenvalue weighted by Gasteiger charge is -2.09. The highest BCUT2D eigenvalue weighted by Crippen LogP contribution is 2.01. The van der Waals surface area contributed by atoms with Gasteiger partial charge in [0.05, 0.1) is 19.8 Å². The summed E-state index contributed by atoms with van der Waals surface area (Å²) < 4.78 is 13.3. The van der Waals surface area contributed by atoms with Crippen LogP contribution < -0.4 is 0 Å². The van der Waals surface area contributed by atoms with Crippen LogP contribution >= 0.6 is 0 Å². The van der Waals surface area contributed by atoms with Crippen molar-refractivity contribution in [3.8, 4) is 0 Å². The van der Waals surface area contributed by atoms with Crippen LogP contribution in [0.5, 0.6) is 0 Å². The topological polar surface area (TPSA) is 61.8 Å². The standard InChI is InChI=1S/C4H6O3.C4H6O2/c5-4-6-2-1-3-7-4;5-4-2-1-3-6-4/h1-3H2;1-3H2. The van der Waals surface area contributed by atoms with Gasteiger partial charge in [0.15, 0.2) is 0 Å². The second-order valence-electron chi connectivity index (χ2n) is 2.62. The molecule has 0 N–H and O–H groups in total. The molecule has 0 aromatic rings. The Morgan fingerprint density at radius 3 is 1.69 bits per heavy atom. The number of ether oxygens (including phenoxy) is 3. The van der Waals surface area contributed by atoms with E-state index in [9.17, 15) is 9.59 Å². The minimum absolute atomic E-state index is 0.0463. The Labute approximate surface area is 76.0 Å². The Balaban J connectivity index is 0.000000132. The molecule has 5 nitrogen and oxygen atoms in total. The van der Waals surface area contributed by atoms with Crippen molar-refractivity contribution in [2.75, 3.05) is 19.8 Å². The van der Waals surface area contributed by atoms with E-state index in [1.807, 2.05) is 0 Å². The second kappa shape index (κ2) is 5.40. The number of rotatable bonds is 0. The number of carbonyl (C=O) groups excluding carboxylic acids is 2. The van der Waals surface area contributed by atoms with Crippen LogP contribution in [-0.2, 0) is 19.0 Å². The number of cyclic esters (lactones) is 3. The second-order valence-corrected chi connectivity index (χ2v) is 2.62. The first-order chi connectivity index (χ1) is 6.29. The van der Waals surface area contributed by atoms with Crippen LogP contribution in [0, 0.1) is 0 Å². The molecule has 0 unspecified atom stereocenters. The van der Waals surface area contributed by atoms with Gasteiger partial charge in [0.2, 0.25) is 0 Å². The molecule has 2 fully saturated rings. The summed E-state index contributed by atoms with van der Waals surface area (Å²) in [6.07, 6.45) is 1.83. The third-order valence-corrected chi connectivity index (χ3v) is 1.52. The highest BCUT2D eigenvalue weighted by molar-refractivity contribution is 5.70. The van der Waals surface area contributed by atoms with Gasteiger partial charge >= 0.3 is 12.1 Å². The normalized spacial score (nSPS) is 20.6. The molecule has 2 rings (SSSR count). The summed E-state index contributed by atoms with van der Waals surface area (Å²) in [7, 11) is 0. The van der Waals surface area contributed by atoms with E-state index in [1.54, 1.807) is 0 Å². The van der Waals surface area contributed by atoms with Crippen LogP contribution in [0.25, 0.3) is 0 Å². The zero-order valence-corrected chi connectivity index (χ0v) is 7.28. The van der Waals surface area contributed by atoms with Gasteiger partial charge in [-0.15, -0.1) is 0 Å². The molecule has 0 radical (unpaired) electrons. The fourth-order valence-electron chi connectivity index (χ4n) is 0.886. The largest absolute Gasteiger partial charge is 0.508 e. The first-order valence-corrected chi connectivity index (χ1v) is 4.24. The van der Waals surface area contributed by atoms with Crippen molar-refractivity contribution in [1.29, 1.82) is 0 Å². The van der Waals surface area contributed by atoms with E-state index in [2.05, 4.69) is 14.2 Å². The van der Waals surface area contributed by atoms with Crippen LogP contribution in [0.4, 0.5) is 4.79 Å². The fourth-order valence-corrected chi connectivity index (χ4v) is 0.886. The molecule has 0 aromatic heterocycles. The molecule has 0 saturated carbocycles. The summed E-state index contributed by atoms with van der Waals surface area (Å²) in [5, 5.41) is 0. The number of hydrogen-bond donors (Lipinski definition) is 0. The van der Waals surface area contributed by atoms with Crippen molar-refractivity contribution in [3.63, 3.8) is 0 Å². The Morgan fingerprint density at radius 1 is 0.846 bits per heavy atom. The molecule has 0 aromatic carbocycles. The number of hydrogen-bond acceptors (Lipinski definition) is 5. The van der Waals surface area contributed by atoms with E-state index < -0.39 is 6.16 Å². The molecule has 0 amide bonds. The van der Waals surface area contributed by atoms with E-state index >= 15 is 0 Å². The van der Waals surface area contributed by atoms with E-state index in [-0.39, 0.29) is 5.97 Å². The maximum Gasteiger partial charge on any atom is 0.508 e. The molecule has 13 heavy (non-hydrogen) atoms. The lowest BCUT2D eigenvalue weighted by Crippen LogP contribution is -2.16. The molecule has 0 spiro atoms. The first kappa shape index (κ1) is 9.83. The van der Waals surface area contributed by atoms with Gasteiger partial charge in [0, 0.05) is 12.8 Å². The van der Waals surface area contributed by atoms with Gasteiger partial charge in [-0.25, -0.2) is 4.79 Å². The van der Waals surface area contributed by atoms with Crippen molar-refractivity contribution in [1.82, 2.24) is 0 Å². The van der Waals surface area contributed by atoms with Crippen LogP contribution in [-0.4, -0.2) is 31.9 Å². The summed E-state index contributed by atoms with van der Waals surface area (Å²) in [4.78, 5) is 20.0. The Bertz CT molecular complexity index is 173. The smallest absolute Gasteiger partial charge is 0.466 e. The van der Waals surface area contributed by atoms with Gasteiger partial charge < -0.3 is 14.2 Å². The van der Waals surface area contributed by atoms with Gasteiger partial charge in [-0.1, -0.05) is 0 Å². The molecule has 0 atom stereocenters. The number of carbonyl (C=O) groups is 2. The zero-order chi connectivity index (χ0) is 9.52. The minimum atomic E-state index is -0.536. The van der Waals surface area contributed by atoms with Gasteiger partial charge in [-0.2, -0.15) is 0 Å². The molecule has 2 heterocycles. The summed E-state index contributed by atoms with van der Waals surface area (Å²) in [5.41, 5.74) is 0. The van der Waals surface area contributed by atoms with E-state index in [0.29, 0.717) is 26.2 Å². The highest BCUT2D eigenvalue weighted by Gasteiger charge is 2.08.